The third-order valence-corrected chi connectivity index (χ3v) is 2.88. The van der Waals surface area contributed by atoms with Gasteiger partial charge < -0.3 is 10.0 Å². The van der Waals surface area contributed by atoms with E-state index >= 15 is 0 Å². The second-order valence-electron chi connectivity index (χ2n) is 4.01. The molecule has 0 spiro atoms. The van der Waals surface area contributed by atoms with Gasteiger partial charge in [-0.3, -0.25) is 4.79 Å². The van der Waals surface area contributed by atoms with Crippen molar-refractivity contribution in [1.29, 1.82) is 0 Å². The summed E-state index contributed by atoms with van der Waals surface area (Å²) >= 11 is 0. The van der Waals surface area contributed by atoms with Crippen LogP contribution in [0.15, 0.2) is 18.5 Å². The maximum Gasteiger partial charge on any atom is 0.323 e. The van der Waals surface area contributed by atoms with Crippen LogP contribution in [0.2, 0.25) is 0 Å². The van der Waals surface area contributed by atoms with Crippen LogP contribution in [0.3, 0.4) is 0 Å². The second kappa shape index (κ2) is 4.92. The minimum absolute atomic E-state index is 0.0192. The average molecular weight is 221 g/mol. The summed E-state index contributed by atoms with van der Waals surface area (Å²) in [6.45, 7) is -0.0192. The average Bonchev–Trinajstić information content (AvgIpc) is 2.80. The number of hydrogen-bond acceptors (Lipinski definition) is 4. The van der Waals surface area contributed by atoms with Crippen LogP contribution in [0.1, 0.15) is 25.7 Å². The van der Waals surface area contributed by atoms with Crippen molar-refractivity contribution in [2.24, 2.45) is 0 Å². The van der Waals surface area contributed by atoms with Gasteiger partial charge in [-0.15, -0.1) is 0 Å². The first kappa shape index (κ1) is 10.9. The van der Waals surface area contributed by atoms with Crippen molar-refractivity contribution in [3.05, 3.63) is 18.5 Å². The zero-order chi connectivity index (χ0) is 11.4. The summed E-state index contributed by atoms with van der Waals surface area (Å²) in [5, 5.41) is 8.91. The van der Waals surface area contributed by atoms with E-state index in [1.807, 2.05) is 0 Å². The molecule has 0 aromatic carbocycles. The Balaban J connectivity index is 2.16. The molecule has 1 aliphatic rings. The molecule has 0 saturated heterocycles. The molecule has 1 N–H and O–H groups in total. The number of rotatable bonds is 4. The van der Waals surface area contributed by atoms with Gasteiger partial charge in [-0.2, -0.15) is 0 Å². The van der Waals surface area contributed by atoms with Gasteiger partial charge in [-0.1, -0.05) is 12.8 Å². The van der Waals surface area contributed by atoms with E-state index in [2.05, 4.69) is 9.97 Å². The molecule has 1 aliphatic carbocycles. The molecule has 2 rings (SSSR count). The Bertz CT molecular complexity index is 350. The molecular weight excluding hydrogens is 206 g/mol. The van der Waals surface area contributed by atoms with E-state index < -0.39 is 5.97 Å². The van der Waals surface area contributed by atoms with E-state index in [9.17, 15) is 4.79 Å². The summed E-state index contributed by atoms with van der Waals surface area (Å²) in [6.07, 6.45) is 7.68. The van der Waals surface area contributed by atoms with Gasteiger partial charge in [-0.25, -0.2) is 9.97 Å². The third kappa shape index (κ3) is 2.48. The largest absolute Gasteiger partial charge is 0.480 e. The highest BCUT2D eigenvalue weighted by molar-refractivity contribution is 5.72. The maximum absolute atomic E-state index is 10.8. The molecule has 5 nitrogen and oxygen atoms in total. The molecule has 16 heavy (non-hydrogen) atoms. The lowest BCUT2D eigenvalue weighted by molar-refractivity contribution is -0.135. The first-order valence-electron chi connectivity index (χ1n) is 5.53. The summed E-state index contributed by atoms with van der Waals surface area (Å²) in [4.78, 5) is 20.9. The van der Waals surface area contributed by atoms with Crippen LogP contribution in [-0.4, -0.2) is 33.6 Å². The number of carbonyl (C=O) groups is 1. The number of aliphatic carboxylic acids is 1. The molecule has 1 aromatic rings. The van der Waals surface area contributed by atoms with Gasteiger partial charge >= 0.3 is 5.97 Å². The molecule has 0 radical (unpaired) electrons. The van der Waals surface area contributed by atoms with E-state index in [1.54, 1.807) is 23.4 Å². The van der Waals surface area contributed by atoms with Crippen molar-refractivity contribution in [3.8, 4) is 0 Å². The van der Waals surface area contributed by atoms with Crippen molar-refractivity contribution in [1.82, 2.24) is 9.97 Å². The Labute approximate surface area is 94.1 Å². The predicted molar refractivity (Wildman–Crippen MR) is 59.3 cm³/mol. The topological polar surface area (TPSA) is 66.3 Å². The van der Waals surface area contributed by atoms with Gasteiger partial charge in [0.2, 0.25) is 5.95 Å². The standard InChI is InChI=1S/C11H15N3O2/c15-10(16)8-14(9-4-1-2-5-9)11-12-6-3-7-13-11/h3,6-7,9H,1-2,4-5,8H2,(H,15,16). The van der Waals surface area contributed by atoms with E-state index in [0.29, 0.717) is 5.95 Å². The van der Waals surface area contributed by atoms with E-state index in [-0.39, 0.29) is 12.6 Å². The minimum Gasteiger partial charge on any atom is -0.480 e. The highest BCUT2D eigenvalue weighted by atomic mass is 16.4. The summed E-state index contributed by atoms with van der Waals surface area (Å²) in [7, 11) is 0. The predicted octanol–water partition coefficient (Wildman–Crippen LogP) is 1.31. The van der Waals surface area contributed by atoms with Gasteiger partial charge in [0.05, 0.1) is 0 Å². The lowest BCUT2D eigenvalue weighted by Crippen LogP contribution is -2.38. The first-order valence-corrected chi connectivity index (χ1v) is 5.53. The minimum atomic E-state index is -0.834. The Morgan fingerprint density at radius 3 is 2.56 bits per heavy atom. The van der Waals surface area contributed by atoms with Gasteiger partial charge in [0.25, 0.3) is 0 Å². The zero-order valence-electron chi connectivity index (χ0n) is 9.04. The summed E-state index contributed by atoms with van der Waals surface area (Å²) in [5.74, 6) is -0.309. The number of anilines is 1. The molecule has 0 amide bonds. The molecule has 5 heteroatoms. The fraction of sp³-hybridized carbons (Fsp3) is 0.545. The molecule has 86 valence electrons. The Hall–Kier alpha value is -1.65. The molecule has 0 aliphatic heterocycles. The second-order valence-corrected chi connectivity index (χ2v) is 4.01. The van der Waals surface area contributed by atoms with Crippen LogP contribution < -0.4 is 4.90 Å². The van der Waals surface area contributed by atoms with Crippen LogP contribution in [0.25, 0.3) is 0 Å². The smallest absolute Gasteiger partial charge is 0.323 e. The molecule has 1 fully saturated rings. The Morgan fingerprint density at radius 2 is 2.00 bits per heavy atom. The van der Waals surface area contributed by atoms with Crippen molar-refractivity contribution >= 4 is 11.9 Å². The number of hydrogen-bond donors (Lipinski definition) is 1. The summed E-state index contributed by atoms with van der Waals surface area (Å²) in [5.41, 5.74) is 0. The maximum atomic E-state index is 10.8. The molecule has 1 heterocycles. The van der Waals surface area contributed by atoms with Crippen LogP contribution in [-0.2, 0) is 4.79 Å². The van der Waals surface area contributed by atoms with Crippen molar-refractivity contribution in [3.63, 3.8) is 0 Å². The van der Waals surface area contributed by atoms with E-state index in [0.717, 1.165) is 25.7 Å². The summed E-state index contributed by atoms with van der Waals surface area (Å²) in [6, 6.07) is 2.01. The molecular formula is C11H15N3O2. The van der Waals surface area contributed by atoms with Gasteiger partial charge in [0.15, 0.2) is 0 Å². The van der Waals surface area contributed by atoms with Gasteiger partial charge in [0.1, 0.15) is 6.54 Å². The first-order chi connectivity index (χ1) is 7.77. The Morgan fingerprint density at radius 1 is 1.38 bits per heavy atom. The van der Waals surface area contributed by atoms with Gasteiger partial charge in [0, 0.05) is 18.4 Å². The molecule has 0 atom stereocenters. The van der Waals surface area contributed by atoms with Crippen molar-refractivity contribution < 1.29 is 9.90 Å². The fourth-order valence-corrected chi connectivity index (χ4v) is 2.16. The molecule has 1 aromatic heterocycles. The monoisotopic (exact) mass is 221 g/mol. The number of nitrogens with zero attached hydrogens (tertiary/aromatic N) is 3. The molecule has 0 bridgehead atoms. The number of carboxylic acid groups (broad SMARTS) is 1. The molecule has 0 unspecified atom stereocenters. The quantitative estimate of drug-likeness (QED) is 0.830. The van der Waals surface area contributed by atoms with E-state index in [4.69, 9.17) is 5.11 Å². The van der Waals surface area contributed by atoms with Crippen LogP contribution in [0, 0.1) is 0 Å². The highest BCUT2D eigenvalue weighted by Crippen LogP contribution is 2.25. The number of carboxylic acids is 1. The SMILES string of the molecule is O=C(O)CN(c1ncccn1)C1CCCC1. The highest BCUT2D eigenvalue weighted by Gasteiger charge is 2.25. The van der Waals surface area contributed by atoms with Crippen LogP contribution >= 0.6 is 0 Å². The Kier molecular flexibility index (Phi) is 3.34. The van der Waals surface area contributed by atoms with Crippen molar-refractivity contribution in [2.75, 3.05) is 11.4 Å². The normalized spacial score (nSPS) is 16.2. The summed E-state index contributed by atoms with van der Waals surface area (Å²) < 4.78 is 0. The lowest BCUT2D eigenvalue weighted by Gasteiger charge is -2.26. The number of aromatic nitrogens is 2. The van der Waals surface area contributed by atoms with Crippen LogP contribution in [0.4, 0.5) is 5.95 Å². The molecule has 1 saturated carbocycles. The van der Waals surface area contributed by atoms with Gasteiger partial charge in [-0.05, 0) is 18.9 Å². The van der Waals surface area contributed by atoms with Crippen LogP contribution in [0.5, 0.6) is 0 Å². The fourth-order valence-electron chi connectivity index (χ4n) is 2.16. The third-order valence-electron chi connectivity index (χ3n) is 2.88. The zero-order valence-corrected chi connectivity index (χ0v) is 9.04. The lowest BCUT2D eigenvalue weighted by atomic mass is 10.2. The van der Waals surface area contributed by atoms with Crippen molar-refractivity contribution in [2.45, 2.75) is 31.7 Å². The van der Waals surface area contributed by atoms with E-state index in [1.165, 1.54) is 0 Å².